The van der Waals surface area contributed by atoms with Crippen LogP contribution >= 0.6 is 0 Å². The molecule has 0 fully saturated rings. The molecular weight excluding hydrogens is 220 g/mol. The van der Waals surface area contributed by atoms with Gasteiger partial charge in [0.25, 0.3) is 0 Å². The number of nitrogen functional groups attached to an aromatic ring is 1. The van der Waals surface area contributed by atoms with E-state index < -0.39 is 8.07 Å². The molecule has 1 aromatic heterocycles. The molecule has 0 aliphatic heterocycles. The Morgan fingerprint density at radius 1 is 1.56 bits per heavy atom. The smallest absolute Gasteiger partial charge is 0.163 e. The number of nitriles is 1. The number of hydrogen-bond donors (Lipinski definition) is 1. The largest absolute Gasteiger partial charge is 0.381 e. The van der Waals surface area contributed by atoms with E-state index in [1.54, 1.807) is 10.9 Å². The van der Waals surface area contributed by atoms with E-state index in [9.17, 15) is 0 Å². The summed E-state index contributed by atoms with van der Waals surface area (Å²) in [4.78, 5) is 0. The first-order valence-corrected chi connectivity index (χ1v) is 8.94. The molecule has 0 aliphatic carbocycles. The molecule has 0 saturated carbocycles. The van der Waals surface area contributed by atoms with Gasteiger partial charge < -0.3 is 10.5 Å². The summed E-state index contributed by atoms with van der Waals surface area (Å²) in [5, 5.41) is 12.7. The van der Waals surface area contributed by atoms with Gasteiger partial charge in [-0.2, -0.15) is 10.4 Å². The van der Waals surface area contributed by atoms with E-state index in [0.717, 1.165) is 12.7 Å². The SMILES string of the molecule is C[Si](C)(C)CCOCn1cc(C#N)c(N)n1. The van der Waals surface area contributed by atoms with Gasteiger partial charge in [-0.25, -0.2) is 4.68 Å². The molecule has 0 amide bonds. The Kier molecular flexibility index (Phi) is 4.10. The molecule has 0 bridgehead atoms. The Morgan fingerprint density at radius 2 is 2.25 bits per heavy atom. The lowest BCUT2D eigenvalue weighted by Gasteiger charge is -2.15. The van der Waals surface area contributed by atoms with Crippen molar-refractivity contribution in [1.82, 2.24) is 9.78 Å². The molecule has 6 heteroatoms. The summed E-state index contributed by atoms with van der Waals surface area (Å²) in [5.74, 6) is 0.260. The van der Waals surface area contributed by atoms with Crippen molar-refractivity contribution in [2.75, 3.05) is 12.3 Å². The second-order valence-corrected chi connectivity index (χ2v) is 10.5. The normalized spacial score (nSPS) is 11.4. The van der Waals surface area contributed by atoms with E-state index in [0.29, 0.717) is 12.3 Å². The average molecular weight is 238 g/mol. The molecule has 1 rings (SSSR count). The second-order valence-electron chi connectivity index (χ2n) is 4.93. The zero-order valence-electron chi connectivity index (χ0n) is 10.0. The van der Waals surface area contributed by atoms with Gasteiger partial charge in [-0.1, -0.05) is 19.6 Å². The van der Waals surface area contributed by atoms with Crippen LogP contribution in [0.15, 0.2) is 6.20 Å². The lowest BCUT2D eigenvalue weighted by molar-refractivity contribution is 0.0788. The molecule has 0 radical (unpaired) electrons. The van der Waals surface area contributed by atoms with E-state index in [-0.39, 0.29) is 5.82 Å². The van der Waals surface area contributed by atoms with E-state index in [1.807, 2.05) is 6.07 Å². The summed E-state index contributed by atoms with van der Waals surface area (Å²) in [6, 6.07) is 3.09. The van der Waals surface area contributed by atoms with E-state index in [1.165, 1.54) is 0 Å². The maximum absolute atomic E-state index is 8.69. The molecule has 0 aliphatic rings. The molecule has 0 unspecified atom stereocenters. The highest BCUT2D eigenvalue weighted by Crippen LogP contribution is 2.09. The Morgan fingerprint density at radius 3 is 2.75 bits per heavy atom. The summed E-state index contributed by atoms with van der Waals surface area (Å²) in [5.41, 5.74) is 5.92. The minimum Gasteiger partial charge on any atom is -0.381 e. The van der Waals surface area contributed by atoms with Crippen LogP contribution in [-0.2, 0) is 11.5 Å². The molecule has 1 heterocycles. The Labute approximate surface area is 96.8 Å². The Bertz CT molecular complexity index is 389. The van der Waals surface area contributed by atoms with Crippen LogP contribution in [0.2, 0.25) is 25.7 Å². The number of anilines is 1. The summed E-state index contributed by atoms with van der Waals surface area (Å²) in [6.07, 6.45) is 1.60. The first kappa shape index (κ1) is 12.7. The van der Waals surface area contributed by atoms with Gasteiger partial charge in [-0.3, -0.25) is 0 Å². The monoisotopic (exact) mass is 238 g/mol. The summed E-state index contributed by atoms with van der Waals surface area (Å²) >= 11 is 0. The highest BCUT2D eigenvalue weighted by atomic mass is 28.3. The van der Waals surface area contributed by atoms with Crippen molar-refractivity contribution in [1.29, 1.82) is 5.26 Å². The highest BCUT2D eigenvalue weighted by Gasteiger charge is 2.12. The molecule has 5 nitrogen and oxygen atoms in total. The highest BCUT2D eigenvalue weighted by molar-refractivity contribution is 6.76. The van der Waals surface area contributed by atoms with Crippen molar-refractivity contribution in [3.63, 3.8) is 0 Å². The van der Waals surface area contributed by atoms with Crippen LogP contribution in [-0.4, -0.2) is 24.5 Å². The first-order chi connectivity index (χ1) is 7.42. The van der Waals surface area contributed by atoms with Crippen LogP contribution < -0.4 is 5.73 Å². The van der Waals surface area contributed by atoms with Crippen molar-refractivity contribution in [2.45, 2.75) is 32.4 Å². The lowest BCUT2D eigenvalue weighted by atomic mass is 10.4. The Balaban J connectivity index is 2.36. The molecule has 16 heavy (non-hydrogen) atoms. The summed E-state index contributed by atoms with van der Waals surface area (Å²) in [6.45, 7) is 8.00. The number of nitrogens with two attached hydrogens (primary N) is 1. The molecule has 0 aromatic carbocycles. The maximum Gasteiger partial charge on any atom is 0.163 e. The molecular formula is C10H18N4OSi. The van der Waals surface area contributed by atoms with Gasteiger partial charge in [-0.15, -0.1) is 0 Å². The fourth-order valence-corrected chi connectivity index (χ4v) is 1.88. The van der Waals surface area contributed by atoms with Gasteiger partial charge in [0.1, 0.15) is 18.4 Å². The predicted octanol–water partition coefficient (Wildman–Crippen LogP) is 1.65. The minimum absolute atomic E-state index is 0.260. The lowest BCUT2D eigenvalue weighted by Crippen LogP contribution is -2.22. The van der Waals surface area contributed by atoms with Gasteiger partial charge in [0.05, 0.1) is 0 Å². The van der Waals surface area contributed by atoms with Crippen LogP contribution in [0, 0.1) is 11.3 Å². The summed E-state index contributed by atoms with van der Waals surface area (Å²) in [7, 11) is -1.04. The Hall–Kier alpha value is -1.32. The topological polar surface area (TPSA) is 76.9 Å². The van der Waals surface area contributed by atoms with Crippen LogP contribution in [0.4, 0.5) is 5.82 Å². The van der Waals surface area contributed by atoms with Gasteiger partial charge in [0.2, 0.25) is 0 Å². The standard InChI is InChI=1S/C10H18N4OSi/c1-16(2,3)5-4-15-8-14-7-9(6-11)10(12)13-14/h7H,4-5,8H2,1-3H3,(H2,12,13). The third-order valence-electron chi connectivity index (χ3n) is 2.13. The molecule has 0 atom stereocenters. The van der Waals surface area contributed by atoms with E-state index in [4.69, 9.17) is 15.7 Å². The van der Waals surface area contributed by atoms with Crippen molar-refractivity contribution < 1.29 is 4.74 Å². The molecule has 0 spiro atoms. The first-order valence-electron chi connectivity index (χ1n) is 5.23. The predicted molar refractivity (Wildman–Crippen MR) is 65.5 cm³/mol. The third-order valence-corrected chi connectivity index (χ3v) is 3.83. The number of aromatic nitrogens is 2. The van der Waals surface area contributed by atoms with Gasteiger partial charge >= 0.3 is 0 Å². The van der Waals surface area contributed by atoms with Crippen LogP contribution in [0.1, 0.15) is 5.56 Å². The number of ether oxygens (including phenoxy) is 1. The van der Waals surface area contributed by atoms with E-state index >= 15 is 0 Å². The zero-order valence-corrected chi connectivity index (χ0v) is 11.0. The maximum atomic E-state index is 8.69. The summed E-state index contributed by atoms with van der Waals surface area (Å²) < 4.78 is 7.03. The van der Waals surface area contributed by atoms with Gasteiger partial charge in [0, 0.05) is 20.9 Å². The van der Waals surface area contributed by atoms with Crippen molar-refractivity contribution in [3.8, 4) is 6.07 Å². The minimum atomic E-state index is -1.04. The number of nitrogens with zero attached hydrogens (tertiary/aromatic N) is 3. The van der Waals surface area contributed by atoms with Crippen LogP contribution in [0.5, 0.6) is 0 Å². The fraction of sp³-hybridized carbons (Fsp3) is 0.600. The van der Waals surface area contributed by atoms with Crippen molar-refractivity contribution in [2.24, 2.45) is 0 Å². The van der Waals surface area contributed by atoms with Gasteiger partial charge in [-0.05, 0) is 6.04 Å². The zero-order chi connectivity index (χ0) is 12.2. The molecule has 2 N–H and O–H groups in total. The third kappa shape index (κ3) is 4.04. The average Bonchev–Trinajstić information content (AvgIpc) is 2.52. The van der Waals surface area contributed by atoms with Crippen LogP contribution in [0.3, 0.4) is 0 Å². The quantitative estimate of drug-likeness (QED) is 0.625. The number of hydrogen-bond acceptors (Lipinski definition) is 4. The fourth-order valence-electron chi connectivity index (χ4n) is 1.12. The number of rotatable bonds is 5. The van der Waals surface area contributed by atoms with Crippen molar-refractivity contribution >= 4 is 13.9 Å². The molecule has 1 aromatic rings. The van der Waals surface area contributed by atoms with E-state index in [2.05, 4.69) is 24.7 Å². The van der Waals surface area contributed by atoms with Crippen LogP contribution in [0.25, 0.3) is 0 Å². The molecule has 88 valence electrons. The van der Waals surface area contributed by atoms with Gasteiger partial charge in [0.15, 0.2) is 5.82 Å². The van der Waals surface area contributed by atoms with Crippen molar-refractivity contribution in [3.05, 3.63) is 11.8 Å². The molecule has 0 saturated heterocycles. The second kappa shape index (κ2) is 5.14.